The summed E-state index contributed by atoms with van der Waals surface area (Å²) in [6.07, 6.45) is -0.505. The minimum Gasteiger partial charge on any atom is -0.392 e. The number of carbonyl (C=O) groups is 1. The molecule has 14 heavy (non-hydrogen) atoms. The molecule has 1 heterocycles. The number of likely N-dealkylation sites (N-methyl/N-ethyl adjacent to an activating group) is 1. The van der Waals surface area contributed by atoms with Crippen LogP contribution in [0.2, 0.25) is 0 Å². The minimum atomic E-state index is -0.505. The number of carbonyl (C=O) groups excluding carboxylic acids is 1. The van der Waals surface area contributed by atoms with Crippen LogP contribution in [0.4, 0.5) is 0 Å². The molecule has 1 amide bonds. The van der Waals surface area contributed by atoms with Crippen LogP contribution in [-0.4, -0.2) is 50.0 Å². The number of ether oxygens (including phenoxy) is 1. The molecule has 3 atom stereocenters. The van der Waals surface area contributed by atoms with Gasteiger partial charge in [-0.3, -0.25) is 4.79 Å². The van der Waals surface area contributed by atoms with Crippen molar-refractivity contribution in [2.24, 2.45) is 5.92 Å². The van der Waals surface area contributed by atoms with E-state index in [9.17, 15) is 4.79 Å². The van der Waals surface area contributed by atoms with Crippen LogP contribution in [0.15, 0.2) is 0 Å². The Morgan fingerprint density at radius 2 is 2.36 bits per heavy atom. The number of hydrogen-bond donors (Lipinski definition) is 3. The average molecular weight is 202 g/mol. The number of rotatable bonds is 4. The van der Waals surface area contributed by atoms with E-state index >= 15 is 0 Å². The molecule has 1 rings (SSSR count). The van der Waals surface area contributed by atoms with E-state index in [2.05, 4.69) is 10.6 Å². The Labute approximate surface area is 83.8 Å². The lowest BCUT2D eigenvalue weighted by Crippen LogP contribution is -2.44. The highest BCUT2D eigenvalue weighted by atomic mass is 16.5. The molecule has 3 N–H and O–H groups in total. The van der Waals surface area contributed by atoms with Gasteiger partial charge in [0.05, 0.1) is 25.2 Å². The molecular weight excluding hydrogens is 184 g/mol. The Hall–Kier alpha value is -0.650. The Balaban J connectivity index is 2.35. The summed E-state index contributed by atoms with van der Waals surface area (Å²) >= 11 is 0. The van der Waals surface area contributed by atoms with Gasteiger partial charge in [-0.1, -0.05) is 0 Å². The molecule has 0 aromatic rings. The van der Waals surface area contributed by atoms with E-state index in [0.717, 1.165) is 0 Å². The fourth-order valence-electron chi connectivity index (χ4n) is 1.48. The summed E-state index contributed by atoms with van der Waals surface area (Å²) in [5, 5.41) is 14.7. The van der Waals surface area contributed by atoms with Crippen molar-refractivity contribution in [1.29, 1.82) is 0 Å². The Morgan fingerprint density at radius 3 is 2.93 bits per heavy atom. The molecule has 1 aliphatic heterocycles. The van der Waals surface area contributed by atoms with Gasteiger partial charge < -0.3 is 20.5 Å². The zero-order valence-electron chi connectivity index (χ0n) is 8.62. The van der Waals surface area contributed by atoms with E-state index in [1.807, 2.05) is 7.05 Å². The van der Waals surface area contributed by atoms with E-state index in [-0.39, 0.29) is 17.9 Å². The lowest BCUT2D eigenvalue weighted by Gasteiger charge is -2.16. The summed E-state index contributed by atoms with van der Waals surface area (Å²) in [4.78, 5) is 11.6. The standard InChI is InChI=1S/C9H18N2O3/c1-6(12)3-11-9(13)7-4-14-5-8(7)10-2/h6-8,10,12H,3-5H2,1-2H3,(H,11,13)/t6-,7?,8?/m0/s1. The van der Waals surface area contributed by atoms with Gasteiger partial charge in [0.1, 0.15) is 0 Å². The third-order valence-electron chi connectivity index (χ3n) is 2.36. The maximum Gasteiger partial charge on any atom is 0.227 e. The summed E-state index contributed by atoms with van der Waals surface area (Å²) in [6.45, 7) is 2.97. The summed E-state index contributed by atoms with van der Waals surface area (Å²) in [5.74, 6) is -0.193. The predicted octanol–water partition coefficient (Wildman–Crippen LogP) is -1.28. The van der Waals surface area contributed by atoms with Gasteiger partial charge in [0.25, 0.3) is 0 Å². The molecule has 5 nitrogen and oxygen atoms in total. The molecule has 82 valence electrons. The molecule has 1 fully saturated rings. The molecule has 0 aromatic carbocycles. The highest BCUT2D eigenvalue weighted by molar-refractivity contribution is 5.79. The fourth-order valence-corrected chi connectivity index (χ4v) is 1.48. The Morgan fingerprint density at radius 1 is 1.64 bits per heavy atom. The van der Waals surface area contributed by atoms with Gasteiger partial charge in [0.15, 0.2) is 0 Å². The normalized spacial score (nSPS) is 28.8. The van der Waals surface area contributed by atoms with Gasteiger partial charge in [-0.15, -0.1) is 0 Å². The van der Waals surface area contributed by atoms with Crippen molar-refractivity contribution >= 4 is 5.91 Å². The number of hydrogen-bond acceptors (Lipinski definition) is 4. The minimum absolute atomic E-state index is 0.0530. The molecule has 0 aliphatic carbocycles. The number of aliphatic hydroxyl groups is 1. The monoisotopic (exact) mass is 202 g/mol. The van der Waals surface area contributed by atoms with Gasteiger partial charge >= 0.3 is 0 Å². The predicted molar refractivity (Wildman–Crippen MR) is 51.8 cm³/mol. The fraction of sp³-hybridized carbons (Fsp3) is 0.889. The van der Waals surface area contributed by atoms with Crippen LogP contribution in [0, 0.1) is 5.92 Å². The first-order chi connectivity index (χ1) is 6.65. The first-order valence-corrected chi connectivity index (χ1v) is 4.86. The topological polar surface area (TPSA) is 70.6 Å². The van der Waals surface area contributed by atoms with Crippen LogP contribution >= 0.6 is 0 Å². The molecule has 5 heteroatoms. The van der Waals surface area contributed by atoms with Crippen LogP contribution in [0.25, 0.3) is 0 Å². The molecular formula is C9H18N2O3. The maximum atomic E-state index is 11.6. The van der Waals surface area contributed by atoms with Crippen molar-refractivity contribution in [2.45, 2.75) is 19.1 Å². The molecule has 0 saturated carbocycles. The number of nitrogens with one attached hydrogen (secondary N) is 2. The summed E-state index contributed by atoms with van der Waals surface area (Å²) in [5.41, 5.74) is 0. The second-order valence-electron chi connectivity index (χ2n) is 3.63. The molecule has 0 radical (unpaired) electrons. The average Bonchev–Trinajstić information content (AvgIpc) is 2.61. The van der Waals surface area contributed by atoms with Crippen LogP contribution in [-0.2, 0) is 9.53 Å². The van der Waals surface area contributed by atoms with E-state index in [1.54, 1.807) is 6.92 Å². The summed E-state index contributed by atoms with van der Waals surface area (Å²) in [6, 6.07) is 0.0870. The van der Waals surface area contributed by atoms with Crippen molar-refractivity contribution in [2.75, 3.05) is 26.8 Å². The van der Waals surface area contributed by atoms with Crippen LogP contribution < -0.4 is 10.6 Å². The van der Waals surface area contributed by atoms with Gasteiger partial charge in [-0.05, 0) is 14.0 Å². The quantitative estimate of drug-likeness (QED) is 0.531. The Kier molecular flexibility index (Phi) is 4.31. The first-order valence-electron chi connectivity index (χ1n) is 4.86. The van der Waals surface area contributed by atoms with Gasteiger partial charge in [0.2, 0.25) is 5.91 Å². The SMILES string of the molecule is CNC1COCC1C(=O)NC[C@H](C)O. The number of amides is 1. The molecule has 2 unspecified atom stereocenters. The first kappa shape index (κ1) is 11.4. The van der Waals surface area contributed by atoms with E-state index in [4.69, 9.17) is 9.84 Å². The van der Waals surface area contributed by atoms with Gasteiger partial charge in [-0.25, -0.2) is 0 Å². The molecule has 1 saturated heterocycles. The van der Waals surface area contributed by atoms with Crippen LogP contribution in [0.1, 0.15) is 6.92 Å². The highest BCUT2D eigenvalue weighted by Gasteiger charge is 2.32. The van der Waals surface area contributed by atoms with Gasteiger partial charge in [-0.2, -0.15) is 0 Å². The van der Waals surface area contributed by atoms with E-state index in [1.165, 1.54) is 0 Å². The Bertz CT molecular complexity index is 196. The third kappa shape index (κ3) is 2.94. The number of aliphatic hydroxyl groups excluding tert-OH is 1. The molecule has 1 aliphatic rings. The van der Waals surface area contributed by atoms with Crippen molar-refractivity contribution in [3.8, 4) is 0 Å². The third-order valence-corrected chi connectivity index (χ3v) is 2.36. The summed E-state index contributed by atoms with van der Waals surface area (Å²) < 4.78 is 5.20. The van der Waals surface area contributed by atoms with E-state index in [0.29, 0.717) is 19.8 Å². The lowest BCUT2D eigenvalue weighted by atomic mass is 10.0. The van der Waals surface area contributed by atoms with Crippen molar-refractivity contribution in [3.63, 3.8) is 0 Å². The lowest BCUT2D eigenvalue weighted by molar-refractivity contribution is -0.125. The second kappa shape index (κ2) is 5.29. The van der Waals surface area contributed by atoms with Gasteiger partial charge in [0, 0.05) is 12.6 Å². The smallest absolute Gasteiger partial charge is 0.227 e. The molecule has 0 bridgehead atoms. The zero-order valence-corrected chi connectivity index (χ0v) is 8.62. The maximum absolute atomic E-state index is 11.6. The van der Waals surface area contributed by atoms with Crippen molar-refractivity contribution in [3.05, 3.63) is 0 Å². The zero-order chi connectivity index (χ0) is 10.6. The van der Waals surface area contributed by atoms with Crippen LogP contribution in [0.5, 0.6) is 0 Å². The highest BCUT2D eigenvalue weighted by Crippen LogP contribution is 2.13. The van der Waals surface area contributed by atoms with Crippen LogP contribution in [0.3, 0.4) is 0 Å². The molecule has 0 aromatic heterocycles. The largest absolute Gasteiger partial charge is 0.392 e. The second-order valence-corrected chi connectivity index (χ2v) is 3.63. The van der Waals surface area contributed by atoms with Crippen molar-refractivity contribution < 1.29 is 14.6 Å². The summed E-state index contributed by atoms with van der Waals surface area (Å²) in [7, 11) is 1.81. The molecule has 0 spiro atoms. The van der Waals surface area contributed by atoms with E-state index < -0.39 is 6.10 Å². The van der Waals surface area contributed by atoms with Crippen molar-refractivity contribution in [1.82, 2.24) is 10.6 Å².